The van der Waals surface area contributed by atoms with Crippen LogP contribution in [-0.4, -0.2) is 28.2 Å². The molecule has 1 atom stereocenters. The van der Waals surface area contributed by atoms with Crippen LogP contribution in [0.3, 0.4) is 0 Å². The van der Waals surface area contributed by atoms with Crippen LogP contribution in [-0.2, 0) is 15.6 Å². The van der Waals surface area contributed by atoms with E-state index in [0.717, 1.165) is 0 Å². The summed E-state index contributed by atoms with van der Waals surface area (Å²) >= 11 is 0. The molecule has 0 saturated heterocycles. The molecule has 0 N–H and O–H groups in total. The number of rotatable bonds is 2. The van der Waals surface area contributed by atoms with Gasteiger partial charge in [0.05, 0.1) is 27.5 Å². The van der Waals surface area contributed by atoms with Crippen LogP contribution < -0.4 is 4.90 Å². The molecule has 0 spiro atoms. The third kappa shape index (κ3) is 2.05. The third-order valence-corrected chi connectivity index (χ3v) is 4.01. The Morgan fingerprint density at radius 3 is 2.89 bits per heavy atom. The summed E-state index contributed by atoms with van der Waals surface area (Å²) in [4.78, 5) is 24.7. The lowest BCUT2D eigenvalue weighted by atomic mass is 10.1. The molecule has 0 radical (unpaired) electrons. The largest absolute Gasteiger partial charge is 0.297 e. The Balaban J connectivity index is 2.56. The molecule has 2 rings (SSSR count). The van der Waals surface area contributed by atoms with Gasteiger partial charge >= 0.3 is 0 Å². The van der Waals surface area contributed by atoms with E-state index in [4.69, 9.17) is 5.26 Å². The molecule has 5 nitrogen and oxygen atoms in total. The minimum Gasteiger partial charge on any atom is -0.297 e. The SMILES string of the molecule is CC(=O)c1ccc2c(c1)S(=O)CC(=O)N2CC#N. The van der Waals surface area contributed by atoms with E-state index in [1.165, 1.54) is 17.9 Å². The molecule has 0 fully saturated rings. The number of hydrogen-bond donors (Lipinski definition) is 0. The number of benzene rings is 1. The number of nitriles is 1. The molecule has 1 heterocycles. The van der Waals surface area contributed by atoms with Crippen LogP contribution in [0.15, 0.2) is 23.1 Å². The summed E-state index contributed by atoms with van der Waals surface area (Å²) < 4.78 is 11.9. The van der Waals surface area contributed by atoms with Gasteiger partial charge in [0.15, 0.2) is 5.78 Å². The van der Waals surface area contributed by atoms with Gasteiger partial charge in [0.25, 0.3) is 0 Å². The second kappa shape index (κ2) is 4.70. The molecule has 0 aliphatic carbocycles. The molecule has 1 aliphatic heterocycles. The van der Waals surface area contributed by atoms with Crippen molar-refractivity contribution in [3.63, 3.8) is 0 Å². The van der Waals surface area contributed by atoms with Gasteiger partial charge in [-0.15, -0.1) is 0 Å². The van der Waals surface area contributed by atoms with Gasteiger partial charge in [0, 0.05) is 5.56 Å². The van der Waals surface area contributed by atoms with E-state index in [0.29, 0.717) is 16.1 Å². The van der Waals surface area contributed by atoms with Crippen molar-refractivity contribution in [1.29, 1.82) is 5.26 Å². The number of nitrogens with zero attached hydrogens (tertiary/aromatic N) is 2. The lowest BCUT2D eigenvalue weighted by Crippen LogP contribution is -2.39. The Bertz CT molecular complexity index is 604. The molecule has 1 amide bonds. The van der Waals surface area contributed by atoms with Crippen molar-refractivity contribution >= 4 is 28.2 Å². The molecule has 6 heteroatoms. The van der Waals surface area contributed by atoms with E-state index in [1.54, 1.807) is 12.1 Å². The highest BCUT2D eigenvalue weighted by atomic mass is 32.2. The molecule has 1 aromatic carbocycles. The van der Waals surface area contributed by atoms with Gasteiger partial charge in [-0.1, -0.05) is 0 Å². The molecule has 0 aromatic heterocycles. The van der Waals surface area contributed by atoms with Crippen molar-refractivity contribution in [3.05, 3.63) is 23.8 Å². The second-order valence-electron chi connectivity index (χ2n) is 3.87. The van der Waals surface area contributed by atoms with Gasteiger partial charge in [-0.2, -0.15) is 5.26 Å². The Morgan fingerprint density at radius 1 is 1.56 bits per heavy atom. The van der Waals surface area contributed by atoms with Crippen molar-refractivity contribution in [2.75, 3.05) is 17.2 Å². The lowest BCUT2D eigenvalue weighted by molar-refractivity contribution is -0.116. The summed E-state index contributed by atoms with van der Waals surface area (Å²) in [5, 5.41) is 8.70. The van der Waals surface area contributed by atoms with E-state index in [-0.39, 0.29) is 24.0 Å². The maximum Gasteiger partial charge on any atom is 0.240 e. The average molecular weight is 262 g/mol. The van der Waals surface area contributed by atoms with Crippen LogP contribution in [0.4, 0.5) is 5.69 Å². The van der Waals surface area contributed by atoms with Crippen LogP contribution in [0.2, 0.25) is 0 Å². The Labute approximate surface area is 106 Å². The molecular formula is C12H10N2O3S. The molecule has 92 valence electrons. The Morgan fingerprint density at radius 2 is 2.28 bits per heavy atom. The summed E-state index contributed by atoms with van der Waals surface area (Å²) in [5.74, 6) is -0.604. The minimum atomic E-state index is -1.45. The summed E-state index contributed by atoms with van der Waals surface area (Å²) in [5.41, 5.74) is 0.907. The number of carbonyl (C=O) groups is 2. The van der Waals surface area contributed by atoms with Crippen LogP contribution in [0.5, 0.6) is 0 Å². The van der Waals surface area contributed by atoms with Crippen molar-refractivity contribution in [1.82, 2.24) is 0 Å². The fourth-order valence-electron chi connectivity index (χ4n) is 1.78. The minimum absolute atomic E-state index is 0.0809. The van der Waals surface area contributed by atoms with Gasteiger partial charge in [0.2, 0.25) is 5.91 Å². The highest BCUT2D eigenvalue weighted by molar-refractivity contribution is 7.86. The van der Waals surface area contributed by atoms with Crippen LogP contribution in [0, 0.1) is 11.3 Å². The number of ketones is 1. The zero-order valence-corrected chi connectivity index (χ0v) is 10.5. The lowest BCUT2D eigenvalue weighted by Gasteiger charge is -2.26. The molecule has 1 aliphatic rings. The summed E-state index contributed by atoms with van der Waals surface area (Å²) in [7, 11) is -1.45. The van der Waals surface area contributed by atoms with Crippen molar-refractivity contribution < 1.29 is 13.8 Å². The highest BCUT2D eigenvalue weighted by Gasteiger charge is 2.29. The number of carbonyl (C=O) groups excluding carboxylic acids is 2. The van der Waals surface area contributed by atoms with Gasteiger partial charge in [-0.3, -0.25) is 18.7 Å². The predicted octanol–water partition coefficient (Wildman–Crippen LogP) is 0.867. The normalized spacial score (nSPS) is 18.1. The molecule has 1 aromatic rings. The van der Waals surface area contributed by atoms with Crippen molar-refractivity contribution in [2.24, 2.45) is 0 Å². The number of fused-ring (bicyclic) bond motifs is 1. The quantitative estimate of drug-likeness (QED) is 0.585. The first-order valence-corrected chi connectivity index (χ1v) is 6.57. The van der Waals surface area contributed by atoms with Gasteiger partial charge < -0.3 is 0 Å². The van der Waals surface area contributed by atoms with E-state index in [1.807, 2.05) is 6.07 Å². The molecule has 0 bridgehead atoms. The molecule has 18 heavy (non-hydrogen) atoms. The zero-order valence-electron chi connectivity index (χ0n) is 9.67. The van der Waals surface area contributed by atoms with E-state index in [9.17, 15) is 13.8 Å². The third-order valence-electron chi connectivity index (χ3n) is 2.69. The van der Waals surface area contributed by atoms with E-state index >= 15 is 0 Å². The Kier molecular flexibility index (Phi) is 3.26. The first-order chi connectivity index (χ1) is 8.54. The topological polar surface area (TPSA) is 78.2 Å². The number of amides is 1. The summed E-state index contributed by atoms with van der Waals surface area (Å²) in [6, 6.07) is 6.57. The standard InChI is InChI=1S/C12H10N2O3S/c1-8(15)9-2-3-10-11(6-9)18(17)7-12(16)14(10)5-4-13/h2-3,6H,5,7H2,1H3. The summed E-state index contributed by atoms with van der Waals surface area (Å²) in [6.45, 7) is 1.34. The summed E-state index contributed by atoms with van der Waals surface area (Å²) in [6.07, 6.45) is 0. The van der Waals surface area contributed by atoms with Gasteiger partial charge in [-0.25, -0.2) is 0 Å². The maximum atomic E-state index is 11.9. The highest BCUT2D eigenvalue weighted by Crippen LogP contribution is 2.29. The molecule has 0 saturated carbocycles. The number of Topliss-reactive ketones (excluding diaryl/α,β-unsaturated/α-hetero) is 1. The first-order valence-electron chi connectivity index (χ1n) is 5.25. The number of hydrogen-bond acceptors (Lipinski definition) is 4. The second-order valence-corrected chi connectivity index (χ2v) is 5.29. The first kappa shape index (κ1) is 12.5. The van der Waals surface area contributed by atoms with Gasteiger partial charge in [0.1, 0.15) is 12.3 Å². The fourth-order valence-corrected chi connectivity index (χ4v) is 2.99. The van der Waals surface area contributed by atoms with E-state index < -0.39 is 10.8 Å². The number of anilines is 1. The predicted molar refractivity (Wildman–Crippen MR) is 65.7 cm³/mol. The van der Waals surface area contributed by atoms with E-state index in [2.05, 4.69) is 0 Å². The fraction of sp³-hybridized carbons (Fsp3) is 0.250. The Hall–Kier alpha value is -2.00. The maximum absolute atomic E-state index is 11.9. The van der Waals surface area contributed by atoms with Crippen molar-refractivity contribution in [3.8, 4) is 6.07 Å². The average Bonchev–Trinajstić information content (AvgIpc) is 2.33. The van der Waals surface area contributed by atoms with Crippen molar-refractivity contribution in [2.45, 2.75) is 11.8 Å². The smallest absolute Gasteiger partial charge is 0.240 e. The zero-order chi connectivity index (χ0) is 13.3. The van der Waals surface area contributed by atoms with Crippen LogP contribution in [0.1, 0.15) is 17.3 Å². The van der Waals surface area contributed by atoms with Crippen LogP contribution >= 0.6 is 0 Å². The van der Waals surface area contributed by atoms with Gasteiger partial charge in [-0.05, 0) is 25.1 Å². The molecule has 1 unspecified atom stereocenters. The molecular weight excluding hydrogens is 252 g/mol. The monoisotopic (exact) mass is 262 g/mol. The van der Waals surface area contributed by atoms with Crippen LogP contribution in [0.25, 0.3) is 0 Å².